The molecule has 230 valence electrons. The van der Waals surface area contributed by atoms with Crippen LogP contribution < -0.4 is 10.1 Å². The Morgan fingerprint density at radius 3 is 2.41 bits per heavy atom. The van der Waals surface area contributed by atoms with Gasteiger partial charge in [-0.05, 0) is 104 Å². The predicted octanol–water partition coefficient (Wildman–Crippen LogP) is 9.38. The minimum atomic E-state index is -0.631. The number of imide groups is 1. The molecule has 1 fully saturated rings. The molecule has 1 aliphatic rings. The largest absolute Gasteiger partial charge is 0.486 e. The summed E-state index contributed by atoms with van der Waals surface area (Å²) in [5, 5.41) is 3.17. The lowest BCUT2D eigenvalue weighted by molar-refractivity contribution is -0.127. The number of nitrogens with zero attached hydrogens (tertiary/aromatic N) is 1. The number of esters is 1. The molecule has 1 saturated heterocycles. The lowest BCUT2D eigenvalue weighted by Crippen LogP contribution is -2.36. The van der Waals surface area contributed by atoms with Crippen LogP contribution in [-0.2, 0) is 20.9 Å². The first-order valence-electron chi connectivity index (χ1n) is 13.0. The van der Waals surface area contributed by atoms with E-state index in [1.54, 1.807) is 36.4 Å². The molecule has 4 rings (SSSR count). The molecule has 3 aromatic carbocycles. The Kier molecular flexibility index (Phi) is 12.2. The highest BCUT2D eigenvalue weighted by atomic mass is 79.9. The van der Waals surface area contributed by atoms with Gasteiger partial charge in [0.05, 0.1) is 31.0 Å². The smallest absolute Gasteiger partial charge is 0.339 e. The highest BCUT2D eigenvalue weighted by Gasteiger charge is 2.36. The van der Waals surface area contributed by atoms with E-state index in [2.05, 4.69) is 37.2 Å². The zero-order chi connectivity index (χ0) is 32.0. The summed E-state index contributed by atoms with van der Waals surface area (Å²) in [5.74, 6) is -1.35. The summed E-state index contributed by atoms with van der Waals surface area (Å²) in [7, 11) is 0. The van der Waals surface area contributed by atoms with Crippen LogP contribution in [-0.4, -0.2) is 41.1 Å². The van der Waals surface area contributed by atoms with E-state index >= 15 is 0 Å². The van der Waals surface area contributed by atoms with Gasteiger partial charge in [0.2, 0.25) is 5.91 Å². The van der Waals surface area contributed by atoms with E-state index in [-0.39, 0.29) is 34.4 Å². The number of nitrogens with one attached hydrogen (secondary N) is 1. The number of hydrogen-bond acceptors (Lipinski definition) is 7. The Labute approximate surface area is 289 Å². The van der Waals surface area contributed by atoms with Gasteiger partial charge in [0, 0.05) is 21.3 Å². The Morgan fingerprint density at radius 1 is 1.00 bits per heavy atom. The summed E-state index contributed by atoms with van der Waals surface area (Å²) in [6, 6.07) is 12.9. The molecule has 3 amide bonds. The molecule has 44 heavy (non-hydrogen) atoms. The van der Waals surface area contributed by atoms with Crippen molar-refractivity contribution in [3.8, 4) is 5.75 Å². The molecule has 14 heteroatoms. The number of halogens is 5. The quantitative estimate of drug-likeness (QED) is 0.117. The van der Waals surface area contributed by atoms with Gasteiger partial charge in [-0.3, -0.25) is 19.3 Å². The maximum Gasteiger partial charge on any atom is 0.339 e. The first-order valence-corrected chi connectivity index (χ1v) is 16.6. The summed E-state index contributed by atoms with van der Waals surface area (Å²) in [6.45, 7) is 1.89. The monoisotopic (exact) mass is 802 g/mol. The second-order valence-corrected chi connectivity index (χ2v) is 13.3. The number of thioether (sulfide) groups is 1. The van der Waals surface area contributed by atoms with E-state index < -0.39 is 29.6 Å². The maximum atomic E-state index is 13.1. The molecule has 0 unspecified atom stereocenters. The van der Waals surface area contributed by atoms with Crippen LogP contribution >= 0.6 is 78.4 Å². The van der Waals surface area contributed by atoms with Crippen LogP contribution in [0.15, 0.2) is 62.4 Å². The minimum absolute atomic E-state index is 0.0946. The summed E-state index contributed by atoms with van der Waals surface area (Å²) in [6.07, 6.45) is 3.12. The average molecular weight is 806 g/mol. The maximum absolute atomic E-state index is 13.1. The summed E-state index contributed by atoms with van der Waals surface area (Å²) < 4.78 is 12.3. The van der Waals surface area contributed by atoms with Crippen LogP contribution in [0.3, 0.4) is 0 Å². The molecule has 1 N–H and O–H groups in total. The molecular formula is C30H23Br2Cl3N2O6S. The molecule has 0 aliphatic carbocycles. The van der Waals surface area contributed by atoms with Crippen molar-refractivity contribution in [1.82, 2.24) is 4.90 Å². The van der Waals surface area contributed by atoms with Crippen LogP contribution in [0.2, 0.25) is 15.1 Å². The number of amides is 3. The third-order valence-corrected chi connectivity index (χ3v) is 9.08. The summed E-state index contributed by atoms with van der Waals surface area (Å²) >= 11 is 26.0. The molecule has 0 bridgehead atoms. The molecule has 1 aliphatic heterocycles. The fourth-order valence-corrected chi connectivity index (χ4v) is 6.81. The summed E-state index contributed by atoms with van der Waals surface area (Å²) in [4.78, 5) is 51.8. The zero-order valence-corrected chi connectivity index (χ0v) is 29.2. The number of unbranched alkanes of at least 4 members (excludes halogenated alkanes) is 1. The molecular weight excluding hydrogens is 783 g/mol. The van der Waals surface area contributed by atoms with Crippen molar-refractivity contribution in [2.45, 2.75) is 26.4 Å². The van der Waals surface area contributed by atoms with E-state index in [4.69, 9.17) is 44.3 Å². The number of ether oxygens (including phenoxy) is 2. The SMILES string of the molecule is CCCCOC(=O)c1cc(NC(=O)CN2C(=O)S/C(=C/c3cc(Br)c(OCc4ccc(Cl)cc4Cl)c(Br)c3)C2=O)ccc1Cl. The topological polar surface area (TPSA) is 102 Å². The highest BCUT2D eigenvalue weighted by Crippen LogP contribution is 2.38. The minimum Gasteiger partial charge on any atom is -0.486 e. The number of carbonyl (C=O) groups excluding carboxylic acids is 4. The molecule has 8 nitrogen and oxygen atoms in total. The van der Waals surface area contributed by atoms with Crippen molar-refractivity contribution in [3.63, 3.8) is 0 Å². The van der Waals surface area contributed by atoms with Gasteiger partial charge in [-0.1, -0.05) is 54.2 Å². The van der Waals surface area contributed by atoms with E-state index in [0.717, 1.165) is 28.6 Å². The normalized spacial score (nSPS) is 13.9. The van der Waals surface area contributed by atoms with Gasteiger partial charge in [-0.25, -0.2) is 4.79 Å². The van der Waals surface area contributed by atoms with Gasteiger partial charge in [-0.2, -0.15) is 0 Å². The van der Waals surface area contributed by atoms with E-state index in [1.165, 1.54) is 18.2 Å². The van der Waals surface area contributed by atoms with Crippen molar-refractivity contribution >= 4 is 113 Å². The Balaban J connectivity index is 1.41. The fourth-order valence-electron chi connectivity index (χ4n) is 3.87. The lowest BCUT2D eigenvalue weighted by atomic mass is 10.2. The van der Waals surface area contributed by atoms with Crippen molar-refractivity contribution in [2.75, 3.05) is 18.5 Å². The number of hydrogen-bond donors (Lipinski definition) is 1. The van der Waals surface area contributed by atoms with Crippen LogP contribution in [0.1, 0.15) is 41.3 Å². The Morgan fingerprint density at radius 2 is 1.73 bits per heavy atom. The van der Waals surface area contributed by atoms with Crippen molar-refractivity contribution in [3.05, 3.63) is 94.1 Å². The highest BCUT2D eigenvalue weighted by molar-refractivity contribution is 9.11. The first kappa shape index (κ1) is 34.3. The van der Waals surface area contributed by atoms with Crippen molar-refractivity contribution in [2.24, 2.45) is 0 Å². The fraction of sp³-hybridized carbons (Fsp3) is 0.200. The Hall–Kier alpha value is -2.54. The van der Waals surface area contributed by atoms with Crippen LogP contribution in [0, 0.1) is 0 Å². The number of carbonyl (C=O) groups is 4. The van der Waals surface area contributed by atoms with Gasteiger partial charge in [0.15, 0.2) is 0 Å². The van der Waals surface area contributed by atoms with Crippen LogP contribution in [0.5, 0.6) is 5.75 Å². The third kappa shape index (κ3) is 8.80. The number of benzene rings is 3. The van der Waals surface area contributed by atoms with Crippen LogP contribution in [0.4, 0.5) is 10.5 Å². The first-order chi connectivity index (χ1) is 21.0. The second-order valence-electron chi connectivity index (χ2n) is 9.34. The van der Waals surface area contributed by atoms with Gasteiger partial charge in [0.25, 0.3) is 11.1 Å². The zero-order valence-electron chi connectivity index (χ0n) is 22.9. The molecule has 3 aromatic rings. The molecule has 0 aromatic heterocycles. The second kappa shape index (κ2) is 15.6. The number of rotatable bonds is 11. The van der Waals surface area contributed by atoms with E-state index in [1.807, 2.05) is 6.92 Å². The Bertz CT molecular complexity index is 1650. The number of anilines is 1. The molecule has 0 radical (unpaired) electrons. The van der Waals surface area contributed by atoms with E-state index in [9.17, 15) is 19.2 Å². The van der Waals surface area contributed by atoms with Gasteiger partial charge in [-0.15, -0.1) is 0 Å². The standard InChI is InChI=1S/C30H23Br2Cl3N2O6S/c1-2-3-8-42-29(40)20-13-19(6-7-23(20)34)36-26(38)14-37-28(39)25(44-30(37)41)11-16-9-21(31)27(22(32)10-16)43-15-17-4-5-18(33)12-24(17)35/h4-7,9-13H,2-3,8,14-15H2,1H3,(H,36,38)/b25-11+. The third-order valence-electron chi connectivity index (χ3n) is 6.08. The van der Waals surface area contributed by atoms with Gasteiger partial charge >= 0.3 is 5.97 Å². The van der Waals surface area contributed by atoms with Crippen molar-refractivity contribution in [1.29, 1.82) is 0 Å². The molecule has 0 spiro atoms. The van der Waals surface area contributed by atoms with Crippen LogP contribution in [0.25, 0.3) is 6.08 Å². The summed E-state index contributed by atoms with van der Waals surface area (Å²) in [5.41, 5.74) is 1.71. The molecule has 0 saturated carbocycles. The lowest BCUT2D eigenvalue weighted by Gasteiger charge is -2.13. The van der Waals surface area contributed by atoms with Crippen molar-refractivity contribution < 1.29 is 28.7 Å². The average Bonchev–Trinajstić information content (AvgIpc) is 3.21. The predicted molar refractivity (Wildman–Crippen MR) is 181 cm³/mol. The van der Waals surface area contributed by atoms with Gasteiger partial charge in [0.1, 0.15) is 18.9 Å². The van der Waals surface area contributed by atoms with Gasteiger partial charge < -0.3 is 14.8 Å². The molecule has 1 heterocycles. The van der Waals surface area contributed by atoms with E-state index in [0.29, 0.717) is 36.7 Å². The molecule has 0 atom stereocenters.